The van der Waals surface area contributed by atoms with Crippen molar-refractivity contribution in [3.63, 3.8) is 0 Å². The highest BCUT2D eigenvalue weighted by atomic mass is 16.6. The molecule has 0 bridgehead atoms. The average Bonchev–Trinajstić information content (AvgIpc) is 3.31. The molecule has 0 rings (SSSR count). The summed E-state index contributed by atoms with van der Waals surface area (Å²) in [6, 6.07) is 0. The Hall–Kier alpha value is -1.59. The molecule has 0 aliphatic heterocycles. The molecule has 0 aromatic heterocycles. The highest BCUT2D eigenvalue weighted by molar-refractivity contribution is 5.71. The second-order valence-corrected chi connectivity index (χ2v) is 20.6. The largest absolute Gasteiger partial charge is 0.462 e. The van der Waals surface area contributed by atoms with E-state index in [1.807, 2.05) is 0 Å². The molecule has 0 aromatic carbocycles. The van der Waals surface area contributed by atoms with Gasteiger partial charge in [-0.2, -0.15) is 0 Å². The van der Waals surface area contributed by atoms with Gasteiger partial charge >= 0.3 is 17.9 Å². The Labute approximate surface area is 412 Å². The van der Waals surface area contributed by atoms with Gasteiger partial charge in [0.1, 0.15) is 13.2 Å². The Morgan fingerprint density at radius 3 is 0.606 bits per heavy atom. The molecule has 0 radical (unpaired) electrons. The van der Waals surface area contributed by atoms with E-state index >= 15 is 0 Å². The van der Waals surface area contributed by atoms with Gasteiger partial charge < -0.3 is 14.2 Å². The van der Waals surface area contributed by atoms with Crippen molar-refractivity contribution in [1.29, 1.82) is 0 Å². The topological polar surface area (TPSA) is 78.9 Å². The highest BCUT2D eigenvalue weighted by Crippen LogP contribution is 2.18. The summed E-state index contributed by atoms with van der Waals surface area (Å²) in [5, 5.41) is 0. The average molecular weight is 934 g/mol. The van der Waals surface area contributed by atoms with Gasteiger partial charge in [0.25, 0.3) is 0 Å². The number of hydrogen-bond acceptors (Lipinski definition) is 6. The molecule has 6 nitrogen and oxygen atoms in total. The van der Waals surface area contributed by atoms with Gasteiger partial charge in [-0.3, -0.25) is 14.4 Å². The molecule has 1 unspecified atom stereocenters. The minimum atomic E-state index is -0.761. The van der Waals surface area contributed by atoms with Gasteiger partial charge in [0, 0.05) is 19.3 Å². The van der Waals surface area contributed by atoms with Crippen molar-refractivity contribution in [2.45, 2.75) is 354 Å². The number of esters is 3. The molecule has 66 heavy (non-hydrogen) atoms. The minimum absolute atomic E-state index is 0.0608. The maximum absolute atomic E-state index is 12.9. The summed E-state index contributed by atoms with van der Waals surface area (Å²) in [5.74, 6) is -0.829. The molecule has 0 aromatic rings. The fourth-order valence-corrected chi connectivity index (χ4v) is 9.33. The Morgan fingerprint density at radius 2 is 0.409 bits per heavy atom. The van der Waals surface area contributed by atoms with Gasteiger partial charge in [-0.1, -0.05) is 310 Å². The first-order chi connectivity index (χ1) is 32.5. The standard InChI is InChI=1S/C60H116O6/c1-4-7-10-13-16-19-22-25-28-30-32-35-38-41-44-47-50-53-59(62)65-56-57(55-64-58(61)52-49-46-43-40-37-34-27-24-21-18-15-12-9-6-3)66-60(63)54-51-48-45-42-39-36-33-31-29-26-23-20-17-14-11-8-5-2/h57H,4-56H2,1-3H3. The second kappa shape index (κ2) is 56.0. The van der Waals surface area contributed by atoms with E-state index in [9.17, 15) is 14.4 Å². The Kier molecular flexibility index (Phi) is 54.7. The lowest BCUT2D eigenvalue weighted by molar-refractivity contribution is -0.167. The lowest BCUT2D eigenvalue weighted by atomic mass is 10.0. The van der Waals surface area contributed by atoms with Crippen LogP contribution >= 0.6 is 0 Å². The van der Waals surface area contributed by atoms with E-state index in [0.717, 1.165) is 57.8 Å². The van der Waals surface area contributed by atoms with Crippen LogP contribution in [0.4, 0.5) is 0 Å². The molecule has 0 amide bonds. The summed E-state index contributed by atoms with van der Waals surface area (Å²) < 4.78 is 16.9. The molecule has 0 spiro atoms. The van der Waals surface area contributed by atoms with Crippen LogP contribution in [0.15, 0.2) is 0 Å². The normalized spacial score (nSPS) is 11.9. The van der Waals surface area contributed by atoms with Gasteiger partial charge in [0.15, 0.2) is 6.10 Å². The van der Waals surface area contributed by atoms with E-state index in [1.165, 1.54) is 250 Å². The summed E-state index contributed by atoms with van der Waals surface area (Å²) in [6.45, 7) is 6.72. The molecule has 0 heterocycles. The third kappa shape index (κ3) is 53.4. The smallest absolute Gasteiger partial charge is 0.306 e. The van der Waals surface area contributed by atoms with E-state index in [1.54, 1.807) is 0 Å². The Bertz CT molecular complexity index is 982. The van der Waals surface area contributed by atoms with Crippen molar-refractivity contribution in [2.75, 3.05) is 13.2 Å². The van der Waals surface area contributed by atoms with E-state index < -0.39 is 6.10 Å². The molecule has 0 saturated carbocycles. The van der Waals surface area contributed by atoms with Crippen LogP contribution in [0.1, 0.15) is 348 Å². The van der Waals surface area contributed by atoms with Crippen LogP contribution < -0.4 is 0 Å². The summed E-state index contributed by atoms with van der Waals surface area (Å²) in [7, 11) is 0. The van der Waals surface area contributed by atoms with Crippen LogP contribution in [-0.2, 0) is 28.6 Å². The molecule has 392 valence electrons. The maximum atomic E-state index is 12.9. The summed E-state index contributed by atoms with van der Waals surface area (Å²) in [4.78, 5) is 38.2. The number of carbonyl (C=O) groups is 3. The molecular weight excluding hydrogens is 817 g/mol. The van der Waals surface area contributed by atoms with Gasteiger partial charge in [-0.15, -0.1) is 0 Å². The predicted octanol–water partition coefficient (Wildman–Crippen LogP) is 19.9. The quantitative estimate of drug-likeness (QED) is 0.0343. The minimum Gasteiger partial charge on any atom is -0.462 e. The Balaban J connectivity index is 4.28. The van der Waals surface area contributed by atoms with Gasteiger partial charge in [0.05, 0.1) is 0 Å². The van der Waals surface area contributed by atoms with Crippen molar-refractivity contribution < 1.29 is 28.6 Å². The Morgan fingerprint density at radius 1 is 0.242 bits per heavy atom. The zero-order chi connectivity index (χ0) is 47.9. The fraction of sp³-hybridized carbons (Fsp3) is 0.950. The van der Waals surface area contributed by atoms with Crippen LogP contribution in [0.2, 0.25) is 0 Å². The first-order valence-corrected chi connectivity index (χ1v) is 30.0. The monoisotopic (exact) mass is 933 g/mol. The van der Waals surface area contributed by atoms with E-state index in [-0.39, 0.29) is 31.1 Å². The van der Waals surface area contributed by atoms with Gasteiger partial charge in [-0.05, 0) is 19.3 Å². The van der Waals surface area contributed by atoms with E-state index in [2.05, 4.69) is 20.8 Å². The van der Waals surface area contributed by atoms with Crippen molar-refractivity contribution in [2.24, 2.45) is 0 Å². The third-order valence-electron chi connectivity index (χ3n) is 13.9. The molecule has 0 fully saturated rings. The summed E-state index contributed by atoms with van der Waals surface area (Å²) in [5.41, 5.74) is 0. The molecule has 1 atom stereocenters. The van der Waals surface area contributed by atoms with Crippen LogP contribution in [0.3, 0.4) is 0 Å². The molecule has 0 saturated heterocycles. The number of hydrogen-bond donors (Lipinski definition) is 0. The van der Waals surface area contributed by atoms with Crippen LogP contribution in [0.5, 0.6) is 0 Å². The van der Waals surface area contributed by atoms with Crippen molar-refractivity contribution >= 4 is 17.9 Å². The molecule has 0 aliphatic carbocycles. The number of rotatable bonds is 56. The number of carbonyl (C=O) groups excluding carboxylic acids is 3. The molecule has 6 heteroatoms. The highest BCUT2D eigenvalue weighted by Gasteiger charge is 2.19. The van der Waals surface area contributed by atoms with Crippen molar-refractivity contribution in [3.05, 3.63) is 0 Å². The number of unbranched alkanes of at least 4 members (excludes halogenated alkanes) is 45. The first kappa shape index (κ1) is 64.4. The number of ether oxygens (including phenoxy) is 3. The lowest BCUT2D eigenvalue weighted by Crippen LogP contribution is -2.30. The SMILES string of the molecule is CCCCCCCCCCCCCCCCCCCC(=O)OCC(COC(=O)CCCCCCCCCCCCCCCC)OC(=O)CCCCCCCCCCCCCCCCCCC. The van der Waals surface area contributed by atoms with Gasteiger partial charge in [0.2, 0.25) is 0 Å². The molecule has 0 aliphatic rings. The summed E-state index contributed by atoms with van der Waals surface area (Å²) >= 11 is 0. The fourth-order valence-electron chi connectivity index (χ4n) is 9.33. The lowest BCUT2D eigenvalue weighted by Gasteiger charge is -2.18. The second-order valence-electron chi connectivity index (χ2n) is 20.6. The molecule has 0 N–H and O–H groups in total. The molecular formula is C60H116O6. The first-order valence-electron chi connectivity index (χ1n) is 30.0. The zero-order valence-corrected chi connectivity index (χ0v) is 45.0. The van der Waals surface area contributed by atoms with Crippen LogP contribution in [0, 0.1) is 0 Å². The summed E-state index contributed by atoms with van der Waals surface area (Å²) in [6.07, 6.45) is 62.3. The van der Waals surface area contributed by atoms with Crippen molar-refractivity contribution in [1.82, 2.24) is 0 Å². The van der Waals surface area contributed by atoms with Crippen LogP contribution in [0.25, 0.3) is 0 Å². The van der Waals surface area contributed by atoms with E-state index in [0.29, 0.717) is 19.3 Å². The predicted molar refractivity (Wildman–Crippen MR) is 284 cm³/mol. The van der Waals surface area contributed by atoms with Crippen molar-refractivity contribution in [3.8, 4) is 0 Å². The zero-order valence-electron chi connectivity index (χ0n) is 45.0. The van der Waals surface area contributed by atoms with Gasteiger partial charge in [-0.25, -0.2) is 0 Å². The van der Waals surface area contributed by atoms with Crippen LogP contribution in [-0.4, -0.2) is 37.2 Å². The van der Waals surface area contributed by atoms with E-state index in [4.69, 9.17) is 14.2 Å². The maximum Gasteiger partial charge on any atom is 0.306 e. The third-order valence-corrected chi connectivity index (χ3v) is 13.9.